The Bertz CT molecular complexity index is 223. The predicted molar refractivity (Wildman–Crippen MR) is 84.1 cm³/mol. The van der Waals surface area contributed by atoms with Crippen molar-refractivity contribution in [3.05, 3.63) is 0 Å². The average Bonchev–Trinajstić information content (AvgIpc) is 2.80. The van der Waals surface area contributed by atoms with Crippen LogP contribution in [0, 0.1) is 0 Å². The van der Waals surface area contributed by atoms with Crippen molar-refractivity contribution in [2.24, 2.45) is 0 Å². The lowest BCUT2D eigenvalue weighted by Gasteiger charge is -2.10. The Kier molecular flexibility index (Phi) is 9.07. The van der Waals surface area contributed by atoms with Crippen LogP contribution in [0.1, 0.15) is 77.6 Å². The molecule has 18 heavy (non-hydrogen) atoms. The molecule has 0 aromatic carbocycles. The summed E-state index contributed by atoms with van der Waals surface area (Å²) < 4.78 is 6.23. The minimum atomic E-state index is 0.0304. The smallest absolute Gasteiger partial charge is 0.306 e. The highest BCUT2D eigenvalue weighted by Crippen LogP contribution is 2.21. The fourth-order valence-electron chi connectivity index (χ4n) is 2.48. The fourth-order valence-corrected chi connectivity index (χ4v) is 2.92. The van der Waals surface area contributed by atoms with E-state index in [-0.39, 0.29) is 12.1 Å². The number of esters is 1. The molecule has 0 aromatic heterocycles. The Morgan fingerprint density at radius 2 is 1.78 bits per heavy atom. The molecule has 1 aliphatic rings. The Balaban J connectivity index is 1.86. The maximum atomic E-state index is 11.6. The van der Waals surface area contributed by atoms with Gasteiger partial charge >= 0.3 is 5.97 Å². The number of carbonyl (C=O) groups excluding carboxylic acids is 1. The van der Waals surface area contributed by atoms with Gasteiger partial charge in [-0.05, 0) is 38.5 Å². The normalized spacial score (nSPS) is 17.9. The van der Waals surface area contributed by atoms with Gasteiger partial charge in [0.05, 0.1) is 0 Å². The largest absolute Gasteiger partial charge is 0.462 e. The van der Waals surface area contributed by atoms with Gasteiger partial charge in [-0.25, -0.2) is 0 Å². The summed E-state index contributed by atoms with van der Waals surface area (Å²) in [7, 11) is 0. The molecule has 0 heterocycles. The number of alkyl halides is 1. The van der Waals surface area contributed by atoms with Crippen LogP contribution in [0.4, 0.5) is 0 Å². The van der Waals surface area contributed by atoms with Gasteiger partial charge in [0.25, 0.3) is 0 Å². The molecule has 0 amide bonds. The van der Waals surface area contributed by atoms with Crippen LogP contribution < -0.4 is 0 Å². The van der Waals surface area contributed by atoms with Gasteiger partial charge in [-0.15, -0.1) is 0 Å². The summed E-state index contributed by atoms with van der Waals surface area (Å²) in [6, 6.07) is 0. The molecule has 0 radical (unpaired) electrons. The van der Waals surface area contributed by atoms with Gasteiger partial charge in [-0.2, -0.15) is 0 Å². The molecular formula is C15H27IO2. The average molecular weight is 366 g/mol. The number of ether oxygens (including phenoxy) is 1. The lowest BCUT2D eigenvalue weighted by molar-refractivity contribution is -0.148. The van der Waals surface area contributed by atoms with Crippen LogP contribution in [0.15, 0.2) is 0 Å². The quantitative estimate of drug-likeness (QED) is 0.248. The van der Waals surface area contributed by atoms with Gasteiger partial charge in [0.1, 0.15) is 6.10 Å². The van der Waals surface area contributed by atoms with E-state index in [2.05, 4.69) is 29.5 Å². The zero-order valence-electron chi connectivity index (χ0n) is 11.6. The number of carbonyl (C=O) groups is 1. The molecule has 1 saturated carbocycles. The number of hydrogen-bond acceptors (Lipinski definition) is 2. The first-order chi connectivity index (χ1) is 8.68. The second kappa shape index (κ2) is 10.0. The van der Waals surface area contributed by atoms with E-state index >= 15 is 0 Å². The standard InChI is InChI=1S/C15H27IO2/c1-13(16)9-5-3-2-4-6-12-15(17)18-14-10-7-8-11-14/h13-14H,2-12H2,1H3. The van der Waals surface area contributed by atoms with Crippen molar-refractivity contribution in [2.75, 3.05) is 0 Å². The molecule has 1 atom stereocenters. The lowest BCUT2D eigenvalue weighted by Crippen LogP contribution is -2.14. The molecule has 1 unspecified atom stereocenters. The third-order valence-corrected chi connectivity index (χ3v) is 4.21. The van der Waals surface area contributed by atoms with Gasteiger partial charge < -0.3 is 4.74 Å². The molecule has 3 heteroatoms. The third kappa shape index (κ3) is 8.33. The Morgan fingerprint density at radius 1 is 1.17 bits per heavy atom. The summed E-state index contributed by atoms with van der Waals surface area (Å²) in [6.07, 6.45) is 12.9. The van der Waals surface area contributed by atoms with Crippen molar-refractivity contribution in [3.8, 4) is 0 Å². The van der Waals surface area contributed by atoms with Gasteiger partial charge in [-0.3, -0.25) is 4.79 Å². The zero-order valence-corrected chi connectivity index (χ0v) is 13.8. The van der Waals surface area contributed by atoms with Gasteiger partial charge in [0.2, 0.25) is 0 Å². The fraction of sp³-hybridized carbons (Fsp3) is 0.933. The Labute approximate surface area is 125 Å². The molecule has 0 aromatic rings. The van der Waals surface area contributed by atoms with Crippen LogP contribution in [0.2, 0.25) is 0 Å². The minimum Gasteiger partial charge on any atom is -0.462 e. The van der Waals surface area contributed by atoms with Crippen LogP contribution >= 0.6 is 22.6 Å². The van der Waals surface area contributed by atoms with Crippen molar-refractivity contribution < 1.29 is 9.53 Å². The highest BCUT2D eigenvalue weighted by molar-refractivity contribution is 14.1. The monoisotopic (exact) mass is 366 g/mol. The second-order valence-corrected chi connectivity index (χ2v) is 7.61. The first-order valence-corrected chi connectivity index (χ1v) is 8.76. The second-order valence-electron chi connectivity index (χ2n) is 5.48. The number of halogens is 1. The highest BCUT2D eigenvalue weighted by Gasteiger charge is 2.18. The summed E-state index contributed by atoms with van der Waals surface area (Å²) in [5.41, 5.74) is 0. The maximum absolute atomic E-state index is 11.6. The van der Waals surface area contributed by atoms with Crippen LogP contribution in [-0.2, 0) is 9.53 Å². The number of rotatable bonds is 9. The van der Waals surface area contributed by atoms with Crippen molar-refractivity contribution >= 4 is 28.6 Å². The summed E-state index contributed by atoms with van der Waals surface area (Å²) in [5, 5.41) is 0. The number of unbranched alkanes of at least 4 members (excludes halogenated alkanes) is 4. The first kappa shape index (κ1) is 16.3. The summed E-state index contributed by atoms with van der Waals surface area (Å²) in [4.78, 5) is 11.6. The topological polar surface area (TPSA) is 26.3 Å². The molecule has 0 aliphatic heterocycles. The summed E-state index contributed by atoms with van der Waals surface area (Å²) in [5.74, 6) is 0.0304. The Morgan fingerprint density at radius 3 is 2.44 bits per heavy atom. The molecule has 1 aliphatic carbocycles. The summed E-state index contributed by atoms with van der Waals surface area (Å²) >= 11 is 2.48. The van der Waals surface area contributed by atoms with E-state index in [4.69, 9.17) is 4.74 Å². The molecule has 0 N–H and O–H groups in total. The number of hydrogen-bond donors (Lipinski definition) is 0. The van der Waals surface area contributed by atoms with E-state index in [1.165, 1.54) is 44.9 Å². The van der Waals surface area contributed by atoms with Crippen LogP contribution in [0.3, 0.4) is 0 Å². The molecular weight excluding hydrogens is 339 g/mol. The zero-order chi connectivity index (χ0) is 13.2. The molecule has 1 fully saturated rings. The van der Waals surface area contributed by atoms with Gasteiger partial charge in [-0.1, -0.05) is 55.2 Å². The van der Waals surface area contributed by atoms with Crippen LogP contribution in [-0.4, -0.2) is 16.0 Å². The van der Waals surface area contributed by atoms with E-state index in [1.807, 2.05) is 0 Å². The Hall–Kier alpha value is 0.200. The third-order valence-electron chi connectivity index (χ3n) is 3.58. The molecule has 0 bridgehead atoms. The van der Waals surface area contributed by atoms with Crippen molar-refractivity contribution in [2.45, 2.75) is 87.6 Å². The summed E-state index contributed by atoms with van der Waals surface area (Å²) in [6.45, 7) is 2.26. The lowest BCUT2D eigenvalue weighted by atomic mass is 10.1. The van der Waals surface area contributed by atoms with E-state index < -0.39 is 0 Å². The van der Waals surface area contributed by atoms with Crippen molar-refractivity contribution in [1.29, 1.82) is 0 Å². The first-order valence-electron chi connectivity index (χ1n) is 7.52. The molecule has 2 nitrogen and oxygen atoms in total. The van der Waals surface area contributed by atoms with Crippen molar-refractivity contribution in [3.63, 3.8) is 0 Å². The van der Waals surface area contributed by atoms with E-state index in [9.17, 15) is 4.79 Å². The predicted octanol–water partition coefficient (Wildman–Crippen LogP) is 5.03. The maximum Gasteiger partial charge on any atom is 0.306 e. The highest BCUT2D eigenvalue weighted by atomic mass is 127. The molecule has 1 rings (SSSR count). The van der Waals surface area contributed by atoms with Crippen LogP contribution in [0.25, 0.3) is 0 Å². The van der Waals surface area contributed by atoms with Crippen molar-refractivity contribution in [1.82, 2.24) is 0 Å². The van der Waals surface area contributed by atoms with E-state index in [0.29, 0.717) is 6.42 Å². The molecule has 106 valence electrons. The molecule has 0 spiro atoms. The minimum absolute atomic E-state index is 0.0304. The van der Waals surface area contributed by atoms with Gasteiger partial charge in [0.15, 0.2) is 0 Å². The van der Waals surface area contributed by atoms with E-state index in [0.717, 1.165) is 23.2 Å². The SMILES string of the molecule is CC(I)CCCCCCCC(=O)OC1CCCC1. The van der Waals surface area contributed by atoms with E-state index in [1.54, 1.807) is 0 Å². The van der Waals surface area contributed by atoms with Gasteiger partial charge in [0, 0.05) is 10.3 Å². The van der Waals surface area contributed by atoms with Crippen LogP contribution in [0.5, 0.6) is 0 Å². The molecule has 0 saturated heterocycles.